The van der Waals surface area contributed by atoms with Gasteiger partial charge in [0.1, 0.15) is 0 Å². The van der Waals surface area contributed by atoms with Crippen LogP contribution in [-0.2, 0) is 0 Å². The maximum Gasteiger partial charge on any atom is 0.162 e. The third kappa shape index (κ3) is 4.39. The molecule has 7 aromatic carbocycles. The zero-order valence-corrected chi connectivity index (χ0v) is 27.1. The number of rotatable bonds is 5. The molecule has 0 N–H and O–H groups in total. The van der Waals surface area contributed by atoms with Gasteiger partial charge in [-0.1, -0.05) is 140 Å². The van der Waals surface area contributed by atoms with Crippen LogP contribution < -0.4 is 0 Å². The molecule has 4 heteroatoms. The number of benzene rings is 7. The minimum Gasteiger partial charge on any atom is -0.307 e. The molecule has 0 aliphatic rings. The molecule has 0 unspecified atom stereocenters. The molecule has 0 spiro atoms. The van der Waals surface area contributed by atoms with E-state index in [0.717, 1.165) is 50.5 Å². The lowest BCUT2D eigenvalue weighted by atomic mass is 10.1. The number of para-hydroxylation sites is 5. The summed E-state index contributed by atoms with van der Waals surface area (Å²) in [6.07, 6.45) is 0. The Hall–Kier alpha value is -6.78. The largest absolute Gasteiger partial charge is 0.307 e. The van der Waals surface area contributed by atoms with E-state index >= 15 is 0 Å². The van der Waals surface area contributed by atoms with Crippen molar-refractivity contribution in [3.8, 4) is 45.3 Å². The van der Waals surface area contributed by atoms with Gasteiger partial charge in [0.25, 0.3) is 0 Å². The standard InChI is InChI=1S/C46H30N4/c1-3-16-31(17-4-1)38-30-39(32-18-5-2-6-19-32)48-46(47-38)37-23-10-14-28-43(37)50-42-27-13-9-22-35(42)36-24-15-29-44(45(36)50)49-40-25-11-7-20-33(40)34-21-8-12-26-41(34)49/h1-30H. The monoisotopic (exact) mass is 638 g/mol. The molecule has 0 saturated carbocycles. The Balaban J connectivity index is 1.30. The van der Waals surface area contributed by atoms with Crippen molar-refractivity contribution in [3.63, 3.8) is 0 Å². The summed E-state index contributed by atoms with van der Waals surface area (Å²) >= 11 is 0. The van der Waals surface area contributed by atoms with E-state index in [9.17, 15) is 0 Å². The van der Waals surface area contributed by atoms with Crippen LogP contribution in [-0.4, -0.2) is 19.1 Å². The Morgan fingerprint density at radius 3 is 1.38 bits per heavy atom. The van der Waals surface area contributed by atoms with E-state index in [1.165, 1.54) is 32.6 Å². The molecule has 0 aliphatic carbocycles. The van der Waals surface area contributed by atoms with Crippen molar-refractivity contribution in [2.45, 2.75) is 0 Å². The summed E-state index contributed by atoms with van der Waals surface area (Å²) in [5.74, 6) is 0.682. The highest BCUT2D eigenvalue weighted by molar-refractivity contribution is 6.15. The fourth-order valence-corrected chi connectivity index (χ4v) is 7.55. The smallest absolute Gasteiger partial charge is 0.162 e. The van der Waals surface area contributed by atoms with Crippen molar-refractivity contribution in [2.75, 3.05) is 0 Å². The Bertz CT molecular complexity index is 2750. The van der Waals surface area contributed by atoms with Crippen LogP contribution in [0.15, 0.2) is 182 Å². The van der Waals surface area contributed by atoms with Crippen molar-refractivity contribution in [2.24, 2.45) is 0 Å². The van der Waals surface area contributed by atoms with Crippen LogP contribution >= 0.6 is 0 Å². The number of fused-ring (bicyclic) bond motifs is 6. The minimum atomic E-state index is 0.682. The second-order valence-corrected chi connectivity index (χ2v) is 12.6. The van der Waals surface area contributed by atoms with Crippen molar-refractivity contribution in [1.82, 2.24) is 19.1 Å². The quantitative estimate of drug-likeness (QED) is 0.188. The summed E-state index contributed by atoms with van der Waals surface area (Å²) in [7, 11) is 0. The Morgan fingerprint density at radius 2 is 0.780 bits per heavy atom. The SMILES string of the molecule is c1ccc(-c2cc(-c3ccccc3)nc(-c3ccccc3-n3c4ccccc4c4cccc(-n5c6ccccc6c6ccccc65)c43)n2)cc1. The van der Waals surface area contributed by atoms with Gasteiger partial charge in [0.15, 0.2) is 5.82 Å². The summed E-state index contributed by atoms with van der Waals surface area (Å²) in [5.41, 5.74) is 11.6. The first kappa shape index (κ1) is 28.3. The van der Waals surface area contributed by atoms with Gasteiger partial charge in [-0.3, -0.25) is 0 Å². The van der Waals surface area contributed by atoms with E-state index < -0.39 is 0 Å². The highest BCUT2D eigenvalue weighted by Crippen LogP contribution is 2.41. The van der Waals surface area contributed by atoms with Crippen molar-refractivity contribution >= 4 is 43.6 Å². The topological polar surface area (TPSA) is 35.6 Å². The van der Waals surface area contributed by atoms with Gasteiger partial charge in [-0.05, 0) is 42.5 Å². The van der Waals surface area contributed by atoms with E-state index in [0.29, 0.717) is 5.82 Å². The first-order chi connectivity index (χ1) is 24.8. The van der Waals surface area contributed by atoms with Crippen LogP contribution in [0.25, 0.3) is 88.9 Å². The molecule has 234 valence electrons. The summed E-state index contributed by atoms with van der Waals surface area (Å²) in [6.45, 7) is 0. The summed E-state index contributed by atoms with van der Waals surface area (Å²) in [5, 5.41) is 4.87. The van der Waals surface area contributed by atoms with Crippen LogP contribution in [0.3, 0.4) is 0 Å². The maximum absolute atomic E-state index is 5.25. The van der Waals surface area contributed by atoms with Crippen LogP contribution in [0.5, 0.6) is 0 Å². The lowest BCUT2D eigenvalue weighted by Gasteiger charge is -2.17. The summed E-state index contributed by atoms with van der Waals surface area (Å²) < 4.78 is 4.84. The van der Waals surface area contributed by atoms with Gasteiger partial charge in [0, 0.05) is 38.2 Å². The molecule has 0 bridgehead atoms. The lowest BCUT2D eigenvalue weighted by molar-refractivity contribution is 1.11. The summed E-state index contributed by atoms with van der Waals surface area (Å²) in [4.78, 5) is 10.5. The second kappa shape index (κ2) is 11.4. The molecule has 0 aliphatic heterocycles. The van der Waals surface area contributed by atoms with Crippen molar-refractivity contribution in [1.29, 1.82) is 0 Å². The van der Waals surface area contributed by atoms with Crippen LogP contribution in [0, 0.1) is 0 Å². The molecule has 50 heavy (non-hydrogen) atoms. The van der Waals surface area contributed by atoms with Gasteiger partial charge in [-0.25, -0.2) is 9.97 Å². The highest BCUT2D eigenvalue weighted by Gasteiger charge is 2.22. The zero-order valence-electron chi connectivity index (χ0n) is 27.1. The van der Waals surface area contributed by atoms with E-state index in [1.54, 1.807) is 0 Å². The average Bonchev–Trinajstić information content (AvgIpc) is 3.72. The molecule has 0 saturated heterocycles. The molecule has 3 heterocycles. The van der Waals surface area contributed by atoms with Gasteiger partial charge in [0.2, 0.25) is 0 Å². The molecule has 0 radical (unpaired) electrons. The number of hydrogen-bond acceptors (Lipinski definition) is 2. The third-order valence-corrected chi connectivity index (χ3v) is 9.75. The van der Waals surface area contributed by atoms with Gasteiger partial charge in [0.05, 0.1) is 44.8 Å². The molecule has 0 atom stereocenters. The average molecular weight is 639 g/mol. The Kier molecular flexibility index (Phi) is 6.46. The number of nitrogens with zero attached hydrogens (tertiary/aromatic N) is 4. The second-order valence-electron chi connectivity index (χ2n) is 12.6. The normalized spacial score (nSPS) is 11.6. The first-order valence-electron chi connectivity index (χ1n) is 16.9. The van der Waals surface area contributed by atoms with E-state index in [-0.39, 0.29) is 0 Å². The predicted molar refractivity (Wildman–Crippen MR) is 207 cm³/mol. The molecule has 3 aromatic heterocycles. The molecular weight excluding hydrogens is 609 g/mol. The highest BCUT2D eigenvalue weighted by atomic mass is 15.1. The lowest BCUT2D eigenvalue weighted by Crippen LogP contribution is -2.04. The summed E-state index contributed by atoms with van der Waals surface area (Å²) in [6, 6.07) is 64.2. The van der Waals surface area contributed by atoms with Gasteiger partial charge in [-0.15, -0.1) is 0 Å². The van der Waals surface area contributed by atoms with Gasteiger partial charge < -0.3 is 9.13 Å². The molecule has 0 amide bonds. The van der Waals surface area contributed by atoms with Crippen LogP contribution in [0.2, 0.25) is 0 Å². The van der Waals surface area contributed by atoms with Crippen LogP contribution in [0.4, 0.5) is 0 Å². The van der Waals surface area contributed by atoms with Crippen molar-refractivity contribution in [3.05, 3.63) is 182 Å². The predicted octanol–water partition coefficient (Wildman–Crippen LogP) is 11.7. The van der Waals surface area contributed by atoms with E-state index in [1.807, 2.05) is 12.1 Å². The first-order valence-corrected chi connectivity index (χ1v) is 16.9. The van der Waals surface area contributed by atoms with Gasteiger partial charge >= 0.3 is 0 Å². The maximum atomic E-state index is 5.25. The number of hydrogen-bond donors (Lipinski definition) is 0. The number of aromatic nitrogens is 4. The molecule has 0 fully saturated rings. The third-order valence-electron chi connectivity index (χ3n) is 9.75. The van der Waals surface area contributed by atoms with Gasteiger partial charge in [-0.2, -0.15) is 0 Å². The van der Waals surface area contributed by atoms with E-state index in [2.05, 4.69) is 179 Å². The molecule has 4 nitrogen and oxygen atoms in total. The Morgan fingerprint density at radius 1 is 0.340 bits per heavy atom. The molecule has 10 rings (SSSR count). The zero-order chi connectivity index (χ0) is 33.0. The van der Waals surface area contributed by atoms with Crippen LogP contribution in [0.1, 0.15) is 0 Å². The fourth-order valence-electron chi connectivity index (χ4n) is 7.55. The van der Waals surface area contributed by atoms with Crippen molar-refractivity contribution < 1.29 is 0 Å². The molecular formula is C46H30N4. The Labute approximate surface area is 289 Å². The minimum absolute atomic E-state index is 0.682. The van der Waals surface area contributed by atoms with E-state index in [4.69, 9.17) is 9.97 Å². The molecule has 10 aromatic rings. The fraction of sp³-hybridized carbons (Fsp3) is 0.